The summed E-state index contributed by atoms with van der Waals surface area (Å²) in [4.78, 5) is 30.5. The lowest BCUT2D eigenvalue weighted by atomic mass is 10.1. The molecule has 2 heterocycles. The fourth-order valence-electron chi connectivity index (χ4n) is 3.21. The minimum Gasteiger partial charge on any atom is -0.462 e. The molecule has 7 heteroatoms. The highest BCUT2D eigenvalue weighted by Gasteiger charge is 2.22. The number of benzene rings is 1. The van der Waals surface area contributed by atoms with Gasteiger partial charge in [0.05, 0.1) is 22.7 Å². The van der Waals surface area contributed by atoms with Crippen molar-refractivity contribution in [3.8, 4) is 0 Å². The molecule has 0 spiro atoms. The van der Waals surface area contributed by atoms with Crippen LogP contribution in [-0.4, -0.2) is 29.2 Å². The van der Waals surface area contributed by atoms with E-state index in [0.717, 1.165) is 31.9 Å². The summed E-state index contributed by atoms with van der Waals surface area (Å²) in [7, 11) is 0. The molecule has 0 aliphatic carbocycles. The lowest BCUT2D eigenvalue weighted by Crippen LogP contribution is -2.15. The molecule has 0 fully saturated rings. The molecule has 0 atom stereocenters. The fourth-order valence-corrected chi connectivity index (χ4v) is 5.18. The molecule has 0 aliphatic rings. The van der Waals surface area contributed by atoms with Crippen LogP contribution in [0.1, 0.15) is 45.3 Å². The zero-order chi connectivity index (χ0) is 21.8. The topological polar surface area (TPSA) is 68.3 Å². The average molecular weight is 443 g/mol. The van der Waals surface area contributed by atoms with Crippen molar-refractivity contribution in [1.82, 2.24) is 4.98 Å². The monoisotopic (exact) mass is 442 g/mol. The van der Waals surface area contributed by atoms with E-state index in [1.165, 1.54) is 16.9 Å². The Morgan fingerprint density at radius 3 is 2.67 bits per heavy atom. The smallest absolute Gasteiger partial charge is 0.341 e. The van der Waals surface area contributed by atoms with Gasteiger partial charge < -0.3 is 10.1 Å². The van der Waals surface area contributed by atoms with Crippen molar-refractivity contribution >= 4 is 50.9 Å². The highest BCUT2D eigenvalue weighted by Crippen LogP contribution is 2.33. The van der Waals surface area contributed by atoms with E-state index < -0.39 is 5.97 Å². The average Bonchev–Trinajstić information content (AvgIpc) is 2.96. The van der Waals surface area contributed by atoms with Crippen LogP contribution >= 0.6 is 23.1 Å². The normalized spacial score (nSPS) is 11.0. The molecule has 0 radical (unpaired) electrons. The molecule has 0 aliphatic heterocycles. The largest absolute Gasteiger partial charge is 0.462 e. The highest BCUT2D eigenvalue weighted by molar-refractivity contribution is 7.99. The van der Waals surface area contributed by atoms with Crippen molar-refractivity contribution in [2.24, 2.45) is 0 Å². The highest BCUT2D eigenvalue weighted by atomic mass is 32.2. The summed E-state index contributed by atoms with van der Waals surface area (Å²) in [6, 6.07) is 8.25. The summed E-state index contributed by atoms with van der Waals surface area (Å²) < 4.78 is 5.14. The van der Waals surface area contributed by atoms with Gasteiger partial charge in [-0.25, -0.2) is 9.78 Å². The van der Waals surface area contributed by atoms with E-state index in [1.807, 2.05) is 19.9 Å². The number of fused-ring (bicyclic) bond motifs is 1. The number of thiophene rings is 1. The zero-order valence-electron chi connectivity index (χ0n) is 17.9. The summed E-state index contributed by atoms with van der Waals surface area (Å²) in [6.45, 7) is 10.0. The van der Waals surface area contributed by atoms with Crippen LogP contribution in [0.5, 0.6) is 0 Å². The lowest BCUT2D eigenvalue weighted by molar-refractivity contribution is -0.115. The Bertz CT molecular complexity index is 1110. The van der Waals surface area contributed by atoms with Crippen LogP contribution in [-0.2, 0) is 9.53 Å². The number of hydrogen-bond donors (Lipinski definition) is 1. The molecular weight excluding hydrogens is 416 g/mol. The van der Waals surface area contributed by atoms with E-state index in [4.69, 9.17) is 9.72 Å². The van der Waals surface area contributed by atoms with E-state index in [0.29, 0.717) is 29.3 Å². The molecule has 30 heavy (non-hydrogen) atoms. The van der Waals surface area contributed by atoms with Gasteiger partial charge in [0.1, 0.15) is 5.00 Å². The Morgan fingerprint density at radius 2 is 1.93 bits per heavy atom. The third-order valence-electron chi connectivity index (χ3n) is 4.92. The molecule has 0 unspecified atom stereocenters. The third-order valence-corrected chi connectivity index (χ3v) is 6.96. The summed E-state index contributed by atoms with van der Waals surface area (Å²) in [5.74, 6) is 0.0894. The molecule has 1 aromatic carbocycles. The van der Waals surface area contributed by atoms with Crippen LogP contribution in [0.15, 0.2) is 29.3 Å². The first-order chi connectivity index (χ1) is 14.3. The van der Waals surface area contributed by atoms with Crippen LogP contribution in [0.25, 0.3) is 10.9 Å². The van der Waals surface area contributed by atoms with Gasteiger partial charge in [-0.05, 0) is 57.4 Å². The van der Waals surface area contributed by atoms with Crippen molar-refractivity contribution in [2.45, 2.75) is 46.1 Å². The van der Waals surface area contributed by atoms with Crippen LogP contribution < -0.4 is 5.32 Å². The number of aromatic nitrogens is 1. The fraction of sp³-hybridized carbons (Fsp3) is 0.348. The third kappa shape index (κ3) is 4.84. The van der Waals surface area contributed by atoms with Gasteiger partial charge in [-0.1, -0.05) is 18.2 Å². The number of para-hydroxylation sites is 1. The second-order valence-electron chi connectivity index (χ2n) is 7.10. The van der Waals surface area contributed by atoms with Crippen LogP contribution in [0.3, 0.4) is 0 Å². The van der Waals surface area contributed by atoms with Gasteiger partial charge in [0.15, 0.2) is 0 Å². The Hall–Kier alpha value is -2.38. The molecule has 0 saturated heterocycles. The predicted octanol–water partition coefficient (Wildman–Crippen LogP) is 5.83. The van der Waals surface area contributed by atoms with Gasteiger partial charge >= 0.3 is 5.97 Å². The number of nitrogens with one attached hydrogen (secondary N) is 1. The summed E-state index contributed by atoms with van der Waals surface area (Å²) in [5, 5.41) is 5.53. The SMILES string of the molecule is CCOC(=O)c1c(NC(=O)CCSc2cc(C)c3cccc(C)c3n2)sc(C)c1C. The maximum atomic E-state index is 12.5. The number of amides is 1. The van der Waals surface area contributed by atoms with E-state index in [1.54, 1.807) is 18.7 Å². The van der Waals surface area contributed by atoms with Gasteiger partial charge in [-0.3, -0.25) is 4.79 Å². The molecule has 0 bridgehead atoms. The van der Waals surface area contributed by atoms with Gasteiger partial charge in [0.25, 0.3) is 0 Å². The standard InChI is InChI=1S/C23H26N2O3S2/c1-6-28-23(27)20-15(4)16(5)30-22(20)24-18(26)10-11-29-19-12-14(3)17-9-7-8-13(2)21(17)25-19/h7-9,12H,6,10-11H2,1-5H3,(H,24,26). The number of rotatable bonds is 7. The first-order valence-electron chi connectivity index (χ1n) is 9.88. The molecule has 3 rings (SSSR count). The summed E-state index contributed by atoms with van der Waals surface area (Å²) >= 11 is 2.97. The van der Waals surface area contributed by atoms with Crippen LogP contribution in [0, 0.1) is 27.7 Å². The molecule has 3 aromatic rings. The van der Waals surface area contributed by atoms with Gasteiger partial charge in [0, 0.05) is 22.4 Å². The predicted molar refractivity (Wildman–Crippen MR) is 125 cm³/mol. The molecule has 158 valence electrons. The molecule has 0 saturated carbocycles. The maximum absolute atomic E-state index is 12.5. The van der Waals surface area contributed by atoms with Crippen molar-refractivity contribution in [1.29, 1.82) is 0 Å². The molecule has 1 amide bonds. The van der Waals surface area contributed by atoms with Crippen molar-refractivity contribution in [3.63, 3.8) is 0 Å². The van der Waals surface area contributed by atoms with E-state index in [-0.39, 0.29) is 5.91 Å². The zero-order valence-corrected chi connectivity index (χ0v) is 19.6. The van der Waals surface area contributed by atoms with E-state index in [2.05, 4.69) is 37.4 Å². The number of ether oxygens (including phenoxy) is 1. The Morgan fingerprint density at radius 1 is 1.17 bits per heavy atom. The number of carbonyl (C=O) groups is 2. The number of thioether (sulfide) groups is 1. The number of nitrogens with zero attached hydrogens (tertiary/aromatic N) is 1. The number of anilines is 1. The Kier molecular flexibility index (Phi) is 7.15. The minimum atomic E-state index is -0.393. The number of pyridine rings is 1. The van der Waals surface area contributed by atoms with Crippen molar-refractivity contribution in [2.75, 3.05) is 17.7 Å². The van der Waals surface area contributed by atoms with E-state index in [9.17, 15) is 9.59 Å². The lowest BCUT2D eigenvalue weighted by Gasteiger charge is -2.09. The van der Waals surface area contributed by atoms with E-state index >= 15 is 0 Å². The maximum Gasteiger partial charge on any atom is 0.341 e. The van der Waals surface area contributed by atoms with Crippen LogP contribution in [0.4, 0.5) is 5.00 Å². The summed E-state index contributed by atoms with van der Waals surface area (Å²) in [6.07, 6.45) is 0.329. The quantitative estimate of drug-likeness (QED) is 0.368. The van der Waals surface area contributed by atoms with Crippen molar-refractivity contribution < 1.29 is 14.3 Å². The number of hydrogen-bond acceptors (Lipinski definition) is 6. The molecule has 2 aromatic heterocycles. The molecule has 1 N–H and O–H groups in total. The van der Waals surface area contributed by atoms with Gasteiger partial charge in [0.2, 0.25) is 5.91 Å². The first kappa shape index (κ1) is 22.3. The number of aryl methyl sites for hydroxylation is 3. The second kappa shape index (κ2) is 9.62. The van der Waals surface area contributed by atoms with Gasteiger partial charge in [-0.15, -0.1) is 23.1 Å². The first-order valence-corrected chi connectivity index (χ1v) is 11.7. The van der Waals surface area contributed by atoms with Crippen LogP contribution in [0.2, 0.25) is 0 Å². The summed E-state index contributed by atoms with van der Waals surface area (Å²) in [5.41, 5.74) is 4.65. The molecule has 5 nitrogen and oxygen atoms in total. The Balaban J connectivity index is 1.65. The molecular formula is C23H26N2O3S2. The number of carbonyl (C=O) groups excluding carboxylic acids is 2. The minimum absolute atomic E-state index is 0.122. The Labute approximate surface area is 185 Å². The van der Waals surface area contributed by atoms with Crippen molar-refractivity contribution in [3.05, 3.63) is 51.4 Å². The van der Waals surface area contributed by atoms with Gasteiger partial charge in [-0.2, -0.15) is 0 Å². The second-order valence-corrected chi connectivity index (χ2v) is 9.44. The number of esters is 1.